The minimum atomic E-state index is -3.13. The topological polar surface area (TPSA) is 103 Å². The molecule has 0 N–H and O–H groups in total. The Hall–Kier alpha value is -2.55. The van der Waals surface area contributed by atoms with E-state index in [1.165, 1.54) is 0 Å². The van der Waals surface area contributed by atoms with Crippen LogP contribution in [0.1, 0.15) is 48.2 Å². The SMILES string of the molecule is COc1ccc2oc(C(=O)OCC(=O)N(C3CCCC3)C3CCS(=O)(=O)C3)c(C)c2c1. The van der Waals surface area contributed by atoms with Crippen molar-refractivity contribution in [3.05, 3.63) is 29.5 Å². The minimum Gasteiger partial charge on any atom is -0.497 e. The summed E-state index contributed by atoms with van der Waals surface area (Å²) in [6.07, 6.45) is 4.15. The average molecular weight is 450 g/mol. The van der Waals surface area contributed by atoms with Crippen molar-refractivity contribution in [2.45, 2.75) is 51.1 Å². The van der Waals surface area contributed by atoms with Gasteiger partial charge in [0.15, 0.2) is 16.4 Å². The largest absolute Gasteiger partial charge is 0.497 e. The van der Waals surface area contributed by atoms with Gasteiger partial charge in [0, 0.05) is 23.0 Å². The third-order valence-corrected chi connectivity index (χ3v) is 8.01. The molecule has 2 aliphatic rings. The average Bonchev–Trinajstić information content (AvgIpc) is 3.46. The lowest BCUT2D eigenvalue weighted by molar-refractivity contribution is -0.139. The second kappa shape index (κ2) is 8.53. The van der Waals surface area contributed by atoms with Gasteiger partial charge in [0.25, 0.3) is 5.91 Å². The molecule has 0 radical (unpaired) electrons. The zero-order chi connectivity index (χ0) is 22.2. The van der Waals surface area contributed by atoms with Crippen molar-refractivity contribution >= 4 is 32.7 Å². The van der Waals surface area contributed by atoms with E-state index in [0.717, 1.165) is 31.1 Å². The highest BCUT2D eigenvalue weighted by molar-refractivity contribution is 7.91. The number of nitrogens with zero attached hydrogens (tertiary/aromatic N) is 1. The van der Waals surface area contributed by atoms with E-state index in [2.05, 4.69) is 0 Å². The fraction of sp³-hybridized carbons (Fsp3) is 0.545. The molecule has 2 heterocycles. The Bertz CT molecular complexity index is 1100. The number of esters is 1. The second-order valence-electron chi connectivity index (χ2n) is 8.29. The molecule has 2 aromatic rings. The molecule has 9 heteroatoms. The van der Waals surface area contributed by atoms with Gasteiger partial charge in [-0.15, -0.1) is 0 Å². The van der Waals surface area contributed by atoms with Crippen LogP contribution in [0.5, 0.6) is 5.75 Å². The molecule has 1 aromatic carbocycles. The summed E-state index contributed by atoms with van der Waals surface area (Å²) in [5.41, 5.74) is 1.14. The molecule has 0 bridgehead atoms. The first-order chi connectivity index (χ1) is 14.8. The molecule has 1 atom stereocenters. The van der Waals surface area contributed by atoms with E-state index in [4.69, 9.17) is 13.9 Å². The van der Waals surface area contributed by atoms with Crippen LogP contribution < -0.4 is 4.74 Å². The lowest BCUT2D eigenvalue weighted by Gasteiger charge is -2.33. The van der Waals surface area contributed by atoms with Crippen molar-refractivity contribution in [2.24, 2.45) is 0 Å². The lowest BCUT2D eigenvalue weighted by atomic mass is 10.1. The van der Waals surface area contributed by atoms with Crippen molar-refractivity contribution in [1.82, 2.24) is 4.90 Å². The predicted molar refractivity (Wildman–Crippen MR) is 114 cm³/mol. The van der Waals surface area contributed by atoms with Crippen LogP contribution in [0.2, 0.25) is 0 Å². The summed E-state index contributed by atoms with van der Waals surface area (Å²) in [6.45, 7) is 1.31. The highest BCUT2D eigenvalue weighted by Gasteiger charge is 2.39. The Morgan fingerprint density at radius 3 is 2.55 bits per heavy atom. The number of carbonyl (C=O) groups excluding carboxylic acids is 2. The summed E-state index contributed by atoms with van der Waals surface area (Å²) >= 11 is 0. The number of sulfone groups is 1. The molecule has 0 spiro atoms. The third kappa shape index (κ3) is 4.42. The number of carbonyl (C=O) groups is 2. The van der Waals surface area contributed by atoms with Crippen LogP contribution >= 0.6 is 0 Å². The number of ether oxygens (including phenoxy) is 2. The molecule has 1 unspecified atom stereocenters. The van der Waals surface area contributed by atoms with Crippen molar-refractivity contribution in [3.8, 4) is 5.75 Å². The molecule has 8 nitrogen and oxygen atoms in total. The van der Waals surface area contributed by atoms with Crippen LogP contribution in [0.25, 0.3) is 11.0 Å². The van der Waals surface area contributed by atoms with Gasteiger partial charge in [0.1, 0.15) is 11.3 Å². The van der Waals surface area contributed by atoms with Gasteiger partial charge in [0.05, 0.1) is 18.6 Å². The van der Waals surface area contributed by atoms with Crippen LogP contribution in [0, 0.1) is 6.92 Å². The number of amides is 1. The van der Waals surface area contributed by atoms with E-state index in [9.17, 15) is 18.0 Å². The fourth-order valence-corrected chi connectivity index (χ4v) is 6.38. The number of hydrogen-bond acceptors (Lipinski definition) is 7. The summed E-state index contributed by atoms with van der Waals surface area (Å²) in [6, 6.07) is 4.88. The Kier molecular flexibility index (Phi) is 5.96. The Morgan fingerprint density at radius 2 is 1.90 bits per heavy atom. The molecule has 4 rings (SSSR count). The zero-order valence-corrected chi connectivity index (χ0v) is 18.6. The molecule has 1 aromatic heterocycles. The van der Waals surface area contributed by atoms with Gasteiger partial charge >= 0.3 is 5.97 Å². The van der Waals surface area contributed by atoms with Crippen molar-refractivity contribution in [2.75, 3.05) is 25.2 Å². The maximum Gasteiger partial charge on any atom is 0.375 e. The number of methoxy groups -OCH3 is 1. The summed E-state index contributed by atoms with van der Waals surface area (Å²) in [7, 11) is -1.57. The van der Waals surface area contributed by atoms with Gasteiger partial charge in [-0.05, 0) is 44.4 Å². The van der Waals surface area contributed by atoms with Gasteiger partial charge < -0.3 is 18.8 Å². The first-order valence-corrected chi connectivity index (χ1v) is 12.4. The van der Waals surface area contributed by atoms with E-state index < -0.39 is 22.4 Å². The summed E-state index contributed by atoms with van der Waals surface area (Å²) in [5, 5.41) is 0.737. The first-order valence-electron chi connectivity index (χ1n) is 10.5. The third-order valence-electron chi connectivity index (χ3n) is 6.26. The Balaban J connectivity index is 1.48. The summed E-state index contributed by atoms with van der Waals surface area (Å²) in [4.78, 5) is 27.3. The quantitative estimate of drug-likeness (QED) is 0.625. The highest BCUT2D eigenvalue weighted by atomic mass is 32.2. The zero-order valence-electron chi connectivity index (χ0n) is 17.8. The standard InChI is InChI=1S/C22H27NO7S/c1-14-18-11-17(28-2)7-8-19(18)30-21(14)22(25)29-12-20(24)23(15-5-3-4-6-15)16-9-10-31(26,27)13-16/h7-8,11,15-16H,3-6,9-10,12-13H2,1-2H3. The maximum absolute atomic E-state index is 13.0. The number of benzene rings is 1. The van der Waals surface area contributed by atoms with Gasteiger partial charge in [-0.3, -0.25) is 4.79 Å². The van der Waals surface area contributed by atoms with Crippen molar-refractivity contribution in [3.63, 3.8) is 0 Å². The molecule has 1 aliphatic carbocycles. The summed E-state index contributed by atoms with van der Waals surface area (Å²) in [5.74, 6) is -0.301. The lowest BCUT2D eigenvalue weighted by Crippen LogP contribution is -2.48. The van der Waals surface area contributed by atoms with Crippen LogP contribution in [-0.4, -0.2) is 62.5 Å². The molecular formula is C22H27NO7S. The van der Waals surface area contributed by atoms with Crippen LogP contribution in [0.3, 0.4) is 0 Å². The van der Waals surface area contributed by atoms with E-state index in [0.29, 0.717) is 23.3 Å². The maximum atomic E-state index is 13.0. The number of rotatable bonds is 6. The Morgan fingerprint density at radius 1 is 1.16 bits per heavy atom. The van der Waals surface area contributed by atoms with Gasteiger partial charge in [-0.1, -0.05) is 12.8 Å². The van der Waals surface area contributed by atoms with E-state index in [1.807, 2.05) is 0 Å². The minimum absolute atomic E-state index is 0.00454. The fourth-order valence-electron chi connectivity index (χ4n) is 4.67. The van der Waals surface area contributed by atoms with E-state index in [-0.39, 0.29) is 35.3 Å². The number of hydrogen-bond donors (Lipinski definition) is 0. The van der Waals surface area contributed by atoms with E-state index >= 15 is 0 Å². The smallest absolute Gasteiger partial charge is 0.375 e. The van der Waals surface area contributed by atoms with Crippen molar-refractivity contribution < 1.29 is 31.9 Å². The van der Waals surface area contributed by atoms with Crippen LogP contribution in [0.4, 0.5) is 0 Å². The molecule has 1 aliphatic heterocycles. The Labute approximate surface area is 181 Å². The molecule has 2 fully saturated rings. The molecule has 1 saturated carbocycles. The number of fused-ring (bicyclic) bond motifs is 1. The second-order valence-corrected chi connectivity index (χ2v) is 10.5. The van der Waals surface area contributed by atoms with Gasteiger partial charge in [0.2, 0.25) is 5.76 Å². The predicted octanol–water partition coefficient (Wildman–Crippen LogP) is 2.86. The normalized spacial score (nSPS) is 20.8. The highest BCUT2D eigenvalue weighted by Crippen LogP contribution is 2.31. The molecular weight excluding hydrogens is 422 g/mol. The monoisotopic (exact) mass is 449 g/mol. The summed E-state index contributed by atoms with van der Waals surface area (Å²) < 4.78 is 40.1. The number of aryl methyl sites for hydroxylation is 1. The van der Waals surface area contributed by atoms with Gasteiger partial charge in [-0.2, -0.15) is 0 Å². The molecule has 168 valence electrons. The van der Waals surface area contributed by atoms with Crippen molar-refractivity contribution in [1.29, 1.82) is 0 Å². The van der Waals surface area contributed by atoms with Crippen LogP contribution in [0.15, 0.2) is 22.6 Å². The molecule has 1 saturated heterocycles. The van der Waals surface area contributed by atoms with Gasteiger partial charge in [-0.25, -0.2) is 13.2 Å². The number of furan rings is 1. The first kappa shape index (κ1) is 21.7. The molecule has 31 heavy (non-hydrogen) atoms. The molecule has 1 amide bonds. The van der Waals surface area contributed by atoms with E-state index in [1.54, 1.807) is 37.1 Å². The van der Waals surface area contributed by atoms with Crippen LogP contribution in [-0.2, 0) is 19.4 Å².